The maximum atomic E-state index is 10.8. The molecule has 0 unspecified atom stereocenters. The van der Waals surface area contributed by atoms with Gasteiger partial charge in [-0.25, -0.2) is 18.4 Å². The number of aromatic nitrogens is 2. The molecule has 0 aliphatic rings. The number of hydrogen-bond donors (Lipinski definition) is 1. The van der Waals surface area contributed by atoms with Crippen molar-refractivity contribution in [1.82, 2.24) is 9.97 Å². The van der Waals surface area contributed by atoms with Crippen LogP contribution in [0.15, 0.2) is 12.4 Å². The van der Waals surface area contributed by atoms with E-state index >= 15 is 0 Å². The minimum atomic E-state index is -2.95. The first-order valence-corrected chi connectivity index (χ1v) is 6.30. The largest absolute Gasteiger partial charge is 0.353 e. The van der Waals surface area contributed by atoms with Crippen LogP contribution in [0.5, 0.6) is 0 Å². The van der Waals surface area contributed by atoms with Crippen molar-refractivity contribution in [2.75, 3.05) is 23.9 Å². The van der Waals surface area contributed by atoms with Gasteiger partial charge in [0.1, 0.15) is 9.84 Å². The summed E-state index contributed by atoms with van der Waals surface area (Å²) in [5, 5.41) is 3.21. The van der Waals surface area contributed by atoms with E-state index in [9.17, 15) is 8.42 Å². The summed E-state index contributed by atoms with van der Waals surface area (Å²) >= 11 is 5.57. The van der Waals surface area contributed by atoms with Gasteiger partial charge in [0, 0.05) is 12.8 Å². The van der Waals surface area contributed by atoms with Crippen LogP contribution < -0.4 is 5.32 Å². The predicted molar refractivity (Wildman–Crippen MR) is 55.2 cm³/mol. The zero-order valence-electron chi connectivity index (χ0n) is 7.57. The van der Waals surface area contributed by atoms with Crippen molar-refractivity contribution in [3.05, 3.63) is 17.4 Å². The highest BCUT2D eigenvalue weighted by Gasteiger charge is 2.01. The monoisotopic (exact) mass is 235 g/mol. The van der Waals surface area contributed by atoms with Gasteiger partial charge >= 0.3 is 0 Å². The predicted octanol–water partition coefficient (Wildman–Crippen LogP) is 0.586. The Balaban J connectivity index is 2.43. The summed E-state index contributed by atoms with van der Waals surface area (Å²) in [4.78, 5) is 7.70. The lowest BCUT2D eigenvalue weighted by Crippen LogP contribution is -2.15. The van der Waals surface area contributed by atoms with E-state index in [-0.39, 0.29) is 5.75 Å². The molecule has 1 aromatic heterocycles. The Hall–Kier alpha value is -0.880. The molecule has 0 atom stereocenters. The van der Waals surface area contributed by atoms with E-state index in [1.165, 1.54) is 18.6 Å². The van der Waals surface area contributed by atoms with E-state index in [0.717, 1.165) is 0 Å². The average Bonchev–Trinajstić information content (AvgIpc) is 2.06. The summed E-state index contributed by atoms with van der Waals surface area (Å²) in [7, 11) is -2.95. The first kappa shape index (κ1) is 11.2. The minimum absolute atomic E-state index is 0.0546. The molecular formula is C7H10ClN3O2S. The highest BCUT2D eigenvalue weighted by molar-refractivity contribution is 7.90. The Morgan fingerprint density at radius 2 is 2.00 bits per heavy atom. The van der Waals surface area contributed by atoms with Crippen molar-refractivity contribution < 1.29 is 8.42 Å². The molecule has 14 heavy (non-hydrogen) atoms. The molecular weight excluding hydrogens is 226 g/mol. The van der Waals surface area contributed by atoms with E-state index in [2.05, 4.69) is 15.3 Å². The third kappa shape index (κ3) is 4.38. The van der Waals surface area contributed by atoms with Gasteiger partial charge in [0.15, 0.2) is 0 Å². The maximum absolute atomic E-state index is 10.8. The van der Waals surface area contributed by atoms with Crippen LogP contribution in [0, 0.1) is 0 Å². The number of halogens is 1. The van der Waals surface area contributed by atoms with Gasteiger partial charge in [-0.2, -0.15) is 0 Å². The number of rotatable bonds is 4. The Labute approximate surface area is 87.4 Å². The smallest absolute Gasteiger partial charge is 0.222 e. The molecule has 0 amide bonds. The molecule has 1 N–H and O–H groups in total. The molecule has 1 rings (SSSR count). The van der Waals surface area contributed by atoms with Gasteiger partial charge in [-0.1, -0.05) is 11.6 Å². The summed E-state index contributed by atoms with van der Waals surface area (Å²) in [6.07, 6.45) is 4.06. The molecule has 7 heteroatoms. The number of anilines is 1. The molecule has 0 radical (unpaired) electrons. The first-order chi connectivity index (χ1) is 6.47. The Morgan fingerprint density at radius 1 is 1.43 bits per heavy atom. The second-order valence-electron chi connectivity index (χ2n) is 2.78. The van der Waals surface area contributed by atoms with E-state index in [0.29, 0.717) is 17.5 Å². The normalized spacial score (nSPS) is 11.3. The van der Waals surface area contributed by atoms with Gasteiger partial charge in [-0.05, 0) is 0 Å². The maximum Gasteiger partial charge on any atom is 0.222 e. The molecule has 0 bridgehead atoms. The Morgan fingerprint density at radius 3 is 2.50 bits per heavy atom. The van der Waals surface area contributed by atoms with Crippen LogP contribution in [-0.4, -0.2) is 36.9 Å². The SMILES string of the molecule is CS(=O)(=O)CCNc1ncc(Cl)cn1. The third-order valence-electron chi connectivity index (χ3n) is 1.38. The molecule has 5 nitrogen and oxygen atoms in total. The van der Waals surface area contributed by atoms with E-state index < -0.39 is 9.84 Å². The minimum Gasteiger partial charge on any atom is -0.353 e. The fourth-order valence-electron chi connectivity index (χ4n) is 0.752. The van der Waals surface area contributed by atoms with Gasteiger partial charge in [-0.3, -0.25) is 0 Å². The second-order valence-corrected chi connectivity index (χ2v) is 5.48. The fourth-order valence-corrected chi connectivity index (χ4v) is 1.32. The lowest BCUT2D eigenvalue weighted by atomic mass is 10.6. The number of nitrogens with one attached hydrogen (secondary N) is 1. The van der Waals surface area contributed by atoms with Crippen molar-refractivity contribution >= 4 is 27.4 Å². The summed E-state index contributed by atoms with van der Waals surface area (Å²) in [6, 6.07) is 0. The van der Waals surface area contributed by atoms with E-state index in [1.807, 2.05) is 0 Å². The van der Waals surface area contributed by atoms with Crippen molar-refractivity contribution in [3.8, 4) is 0 Å². The molecule has 1 aromatic rings. The Bertz CT molecular complexity index is 390. The van der Waals surface area contributed by atoms with Crippen LogP contribution in [0.3, 0.4) is 0 Å². The standard InChI is InChI=1S/C7H10ClN3O2S/c1-14(12,13)3-2-9-7-10-4-6(8)5-11-7/h4-5H,2-3H2,1H3,(H,9,10,11). The zero-order chi connectivity index (χ0) is 10.6. The molecule has 0 aromatic carbocycles. The van der Waals surface area contributed by atoms with Crippen LogP contribution in [0.25, 0.3) is 0 Å². The van der Waals surface area contributed by atoms with E-state index in [1.54, 1.807) is 0 Å². The summed E-state index contributed by atoms with van der Waals surface area (Å²) in [6.45, 7) is 0.292. The van der Waals surface area contributed by atoms with Crippen molar-refractivity contribution in [1.29, 1.82) is 0 Å². The number of sulfone groups is 1. The third-order valence-corrected chi connectivity index (χ3v) is 2.52. The topological polar surface area (TPSA) is 72.0 Å². The molecule has 0 fully saturated rings. The van der Waals surface area contributed by atoms with Gasteiger partial charge < -0.3 is 5.32 Å². The molecule has 0 aliphatic heterocycles. The van der Waals surface area contributed by atoms with Crippen LogP contribution in [0.1, 0.15) is 0 Å². The molecule has 0 saturated heterocycles. The van der Waals surface area contributed by atoms with Gasteiger partial charge in [-0.15, -0.1) is 0 Å². The summed E-state index contributed by atoms with van der Waals surface area (Å²) < 4.78 is 21.5. The molecule has 1 heterocycles. The van der Waals surface area contributed by atoms with E-state index in [4.69, 9.17) is 11.6 Å². The van der Waals surface area contributed by atoms with Crippen LogP contribution in [-0.2, 0) is 9.84 Å². The van der Waals surface area contributed by atoms with Crippen LogP contribution >= 0.6 is 11.6 Å². The highest BCUT2D eigenvalue weighted by atomic mass is 35.5. The van der Waals surface area contributed by atoms with Gasteiger partial charge in [0.2, 0.25) is 5.95 Å². The van der Waals surface area contributed by atoms with Gasteiger partial charge in [0.25, 0.3) is 0 Å². The van der Waals surface area contributed by atoms with Crippen LogP contribution in [0.4, 0.5) is 5.95 Å². The quantitative estimate of drug-likeness (QED) is 0.827. The lowest BCUT2D eigenvalue weighted by molar-refractivity contribution is 0.602. The number of nitrogens with zero attached hydrogens (tertiary/aromatic N) is 2. The fraction of sp³-hybridized carbons (Fsp3) is 0.429. The molecule has 0 saturated carbocycles. The molecule has 78 valence electrons. The zero-order valence-corrected chi connectivity index (χ0v) is 9.14. The van der Waals surface area contributed by atoms with Crippen LogP contribution in [0.2, 0.25) is 5.02 Å². The number of hydrogen-bond acceptors (Lipinski definition) is 5. The first-order valence-electron chi connectivity index (χ1n) is 3.86. The van der Waals surface area contributed by atoms with Gasteiger partial charge in [0.05, 0.1) is 23.2 Å². The Kier molecular flexibility index (Phi) is 3.65. The van der Waals surface area contributed by atoms with Crippen molar-refractivity contribution in [2.45, 2.75) is 0 Å². The average molecular weight is 236 g/mol. The lowest BCUT2D eigenvalue weighted by Gasteiger charge is -2.02. The van der Waals surface area contributed by atoms with Crippen molar-refractivity contribution in [2.24, 2.45) is 0 Å². The second kappa shape index (κ2) is 4.56. The molecule has 0 spiro atoms. The summed E-state index contributed by atoms with van der Waals surface area (Å²) in [5.41, 5.74) is 0. The highest BCUT2D eigenvalue weighted by Crippen LogP contribution is 2.04. The molecule has 0 aliphatic carbocycles. The summed E-state index contributed by atoms with van der Waals surface area (Å²) in [5.74, 6) is 0.428. The van der Waals surface area contributed by atoms with Crippen molar-refractivity contribution in [3.63, 3.8) is 0 Å².